The number of H-pyrrole nitrogens is 1. The molecule has 0 spiro atoms. The first-order chi connectivity index (χ1) is 16.2. The van der Waals surface area contributed by atoms with E-state index in [4.69, 9.17) is 14.3 Å². The van der Waals surface area contributed by atoms with Gasteiger partial charge in [-0.25, -0.2) is 4.98 Å². The minimum absolute atomic E-state index is 0.338. The van der Waals surface area contributed by atoms with E-state index in [0.717, 1.165) is 28.9 Å². The molecule has 34 heavy (non-hydrogen) atoms. The summed E-state index contributed by atoms with van der Waals surface area (Å²) in [6, 6.07) is 20.0. The molecule has 6 heteroatoms. The first kappa shape index (κ1) is 21.8. The van der Waals surface area contributed by atoms with E-state index in [-0.39, 0.29) is 18.3 Å². The Morgan fingerprint density at radius 3 is 2.32 bits per heavy atom. The third-order valence-corrected chi connectivity index (χ3v) is 8.06. The molecule has 1 N–H and O–H groups in total. The molecule has 0 saturated carbocycles. The van der Waals surface area contributed by atoms with Gasteiger partial charge in [0.05, 0.1) is 28.3 Å². The van der Waals surface area contributed by atoms with Crippen molar-refractivity contribution in [2.45, 2.75) is 57.8 Å². The zero-order valence-electron chi connectivity index (χ0n) is 20.7. The Morgan fingerprint density at radius 2 is 1.59 bits per heavy atom. The van der Waals surface area contributed by atoms with Crippen LogP contribution in [0.3, 0.4) is 0 Å². The second kappa shape index (κ2) is 7.67. The van der Waals surface area contributed by atoms with E-state index in [1.165, 1.54) is 34.7 Å². The molecule has 4 aromatic rings. The van der Waals surface area contributed by atoms with Gasteiger partial charge in [-0.2, -0.15) is 0 Å². The van der Waals surface area contributed by atoms with Crippen molar-refractivity contribution in [1.29, 1.82) is 0 Å². The van der Waals surface area contributed by atoms with Crippen LogP contribution in [0.5, 0.6) is 0 Å². The summed E-state index contributed by atoms with van der Waals surface area (Å²) in [6.07, 6.45) is 2.40. The van der Waals surface area contributed by atoms with E-state index in [2.05, 4.69) is 99.2 Å². The van der Waals surface area contributed by atoms with Gasteiger partial charge in [-0.1, -0.05) is 36.4 Å². The number of aromatic amines is 1. The fourth-order valence-corrected chi connectivity index (χ4v) is 5.19. The van der Waals surface area contributed by atoms with E-state index in [0.29, 0.717) is 6.04 Å². The fourth-order valence-electron chi connectivity index (χ4n) is 5.19. The van der Waals surface area contributed by atoms with Gasteiger partial charge < -0.3 is 14.3 Å². The third-order valence-electron chi connectivity index (χ3n) is 8.06. The number of hydrogen-bond acceptors (Lipinski definition) is 4. The van der Waals surface area contributed by atoms with Gasteiger partial charge in [0.2, 0.25) is 0 Å². The molecule has 3 heterocycles. The SMILES string of the molecule is CN1CCC[C@H]1c1nc2ccc(-c3ccc4cc(B5OC(C)(C)C(C)(C)O5)ccc4c3)cc2[nH]1. The van der Waals surface area contributed by atoms with Crippen LogP contribution in [0, 0.1) is 0 Å². The van der Waals surface area contributed by atoms with Crippen LogP contribution < -0.4 is 5.46 Å². The van der Waals surface area contributed by atoms with Crippen LogP contribution in [0.15, 0.2) is 54.6 Å². The van der Waals surface area contributed by atoms with E-state index < -0.39 is 0 Å². The topological polar surface area (TPSA) is 50.4 Å². The van der Waals surface area contributed by atoms with E-state index in [1.54, 1.807) is 0 Å². The van der Waals surface area contributed by atoms with Crippen molar-refractivity contribution in [3.05, 3.63) is 60.4 Å². The summed E-state index contributed by atoms with van der Waals surface area (Å²) < 4.78 is 12.5. The molecular formula is C28H32BN3O2. The minimum atomic E-state index is -0.343. The molecule has 174 valence electrons. The largest absolute Gasteiger partial charge is 0.494 e. The Balaban J connectivity index is 1.30. The van der Waals surface area contributed by atoms with Gasteiger partial charge in [0.15, 0.2) is 0 Å². The Hall–Kier alpha value is -2.67. The number of nitrogens with zero attached hydrogens (tertiary/aromatic N) is 2. The normalized spacial score (nSPS) is 22.3. The van der Waals surface area contributed by atoms with Gasteiger partial charge in [0, 0.05) is 0 Å². The quantitative estimate of drug-likeness (QED) is 0.419. The summed E-state index contributed by atoms with van der Waals surface area (Å²) >= 11 is 0. The number of rotatable bonds is 3. The maximum Gasteiger partial charge on any atom is 0.494 e. The van der Waals surface area contributed by atoms with Crippen molar-refractivity contribution in [2.24, 2.45) is 0 Å². The molecule has 0 bridgehead atoms. The Bertz CT molecular complexity index is 1380. The number of imidazole rings is 1. The van der Waals surface area contributed by atoms with Crippen LogP contribution in [0.4, 0.5) is 0 Å². The first-order valence-electron chi connectivity index (χ1n) is 12.3. The third kappa shape index (κ3) is 3.56. The Morgan fingerprint density at radius 1 is 0.912 bits per heavy atom. The number of hydrogen-bond donors (Lipinski definition) is 1. The number of nitrogens with one attached hydrogen (secondary N) is 1. The zero-order chi connectivity index (χ0) is 23.7. The summed E-state index contributed by atoms with van der Waals surface area (Å²) in [5.41, 5.74) is 4.91. The van der Waals surface area contributed by atoms with Crippen molar-refractivity contribution >= 4 is 34.4 Å². The average Bonchev–Trinajstić information content (AvgIpc) is 3.47. The average molecular weight is 453 g/mol. The van der Waals surface area contributed by atoms with Crippen LogP contribution in [-0.2, 0) is 9.31 Å². The molecule has 2 aliphatic rings. The predicted molar refractivity (Wildman–Crippen MR) is 139 cm³/mol. The molecular weight excluding hydrogens is 421 g/mol. The molecule has 2 fully saturated rings. The van der Waals surface area contributed by atoms with Crippen LogP contribution in [-0.4, -0.2) is 46.8 Å². The van der Waals surface area contributed by atoms with Gasteiger partial charge in [0.1, 0.15) is 5.82 Å². The van der Waals surface area contributed by atoms with Crippen molar-refractivity contribution in [2.75, 3.05) is 13.6 Å². The molecule has 6 rings (SSSR count). The molecule has 1 aromatic heterocycles. The molecule has 1 atom stereocenters. The number of aromatic nitrogens is 2. The molecule has 5 nitrogen and oxygen atoms in total. The summed E-state index contributed by atoms with van der Waals surface area (Å²) in [5.74, 6) is 1.08. The lowest BCUT2D eigenvalue weighted by molar-refractivity contribution is 0.00578. The Kier molecular flexibility index (Phi) is 4.93. The molecule has 3 aromatic carbocycles. The highest BCUT2D eigenvalue weighted by atomic mass is 16.7. The van der Waals surface area contributed by atoms with Gasteiger partial charge >= 0.3 is 7.12 Å². The van der Waals surface area contributed by atoms with Crippen molar-refractivity contribution in [1.82, 2.24) is 14.9 Å². The second-order valence-electron chi connectivity index (χ2n) is 10.9. The second-order valence-corrected chi connectivity index (χ2v) is 10.9. The smallest absolute Gasteiger partial charge is 0.399 e. The maximum atomic E-state index is 6.24. The minimum Gasteiger partial charge on any atom is -0.399 e. The van der Waals surface area contributed by atoms with Crippen LogP contribution >= 0.6 is 0 Å². The lowest BCUT2D eigenvalue weighted by Crippen LogP contribution is -2.41. The number of fused-ring (bicyclic) bond motifs is 2. The molecule has 0 unspecified atom stereocenters. The highest BCUT2D eigenvalue weighted by Crippen LogP contribution is 2.37. The van der Waals surface area contributed by atoms with E-state index >= 15 is 0 Å². The van der Waals surface area contributed by atoms with E-state index in [1.807, 2.05) is 0 Å². The van der Waals surface area contributed by atoms with Gasteiger partial charge in [-0.15, -0.1) is 0 Å². The van der Waals surface area contributed by atoms with Gasteiger partial charge in [-0.05, 0) is 99.7 Å². The molecule has 0 amide bonds. The predicted octanol–water partition coefficient (Wildman–Crippen LogP) is 5.45. The highest BCUT2D eigenvalue weighted by molar-refractivity contribution is 6.62. The van der Waals surface area contributed by atoms with Crippen LogP contribution in [0.1, 0.15) is 52.4 Å². The summed E-state index contributed by atoms with van der Waals surface area (Å²) in [7, 11) is 1.84. The number of benzene rings is 3. The van der Waals surface area contributed by atoms with Crippen molar-refractivity contribution in [3.8, 4) is 11.1 Å². The lowest BCUT2D eigenvalue weighted by atomic mass is 9.78. The summed E-state index contributed by atoms with van der Waals surface area (Å²) in [5, 5.41) is 2.39. The standard InChI is InChI=1S/C28H32BN3O2/c1-27(2)28(3,4)34-29(33-27)22-12-10-19-15-18(8-9-20(19)16-22)21-11-13-23-24(17-21)31-26(30-23)25-7-6-14-32(25)5/h8-13,15-17,25H,6-7,14H2,1-5H3,(H,30,31)/t25-/m0/s1. The Labute approximate surface area is 201 Å². The summed E-state index contributed by atoms with van der Waals surface area (Å²) in [4.78, 5) is 10.9. The monoisotopic (exact) mass is 453 g/mol. The van der Waals surface area contributed by atoms with Gasteiger partial charge in [0.25, 0.3) is 0 Å². The summed E-state index contributed by atoms with van der Waals surface area (Å²) in [6.45, 7) is 9.50. The van der Waals surface area contributed by atoms with Crippen LogP contribution in [0.2, 0.25) is 0 Å². The zero-order valence-corrected chi connectivity index (χ0v) is 20.7. The lowest BCUT2D eigenvalue weighted by Gasteiger charge is -2.32. The molecule has 2 saturated heterocycles. The van der Waals surface area contributed by atoms with Crippen molar-refractivity contribution in [3.63, 3.8) is 0 Å². The number of likely N-dealkylation sites (tertiary alicyclic amines) is 1. The molecule has 0 radical (unpaired) electrons. The van der Waals surface area contributed by atoms with Gasteiger partial charge in [-0.3, -0.25) is 4.90 Å². The van der Waals surface area contributed by atoms with Crippen molar-refractivity contribution < 1.29 is 9.31 Å². The molecule has 0 aliphatic carbocycles. The highest BCUT2D eigenvalue weighted by Gasteiger charge is 2.51. The van der Waals surface area contributed by atoms with E-state index in [9.17, 15) is 0 Å². The molecule has 2 aliphatic heterocycles. The maximum absolute atomic E-state index is 6.24. The first-order valence-corrected chi connectivity index (χ1v) is 12.3. The fraction of sp³-hybridized carbons (Fsp3) is 0.393. The van der Waals surface area contributed by atoms with Crippen LogP contribution in [0.25, 0.3) is 32.9 Å².